The van der Waals surface area contributed by atoms with Gasteiger partial charge < -0.3 is 5.11 Å². The van der Waals surface area contributed by atoms with Gasteiger partial charge in [0, 0.05) is 25.7 Å². The van der Waals surface area contributed by atoms with Crippen molar-refractivity contribution in [2.45, 2.75) is 0 Å². The summed E-state index contributed by atoms with van der Waals surface area (Å²) in [5.74, 6) is 0.331. The molecule has 1 rings (SSSR count). The molecule has 0 amide bonds. The number of hydrogen-bond donors (Lipinski definition) is 1. The van der Waals surface area contributed by atoms with E-state index in [1.807, 2.05) is 12.1 Å². The summed E-state index contributed by atoms with van der Waals surface area (Å²) in [5, 5.41) is 9.74. The van der Waals surface area contributed by atoms with Crippen molar-refractivity contribution in [2.75, 3.05) is 0 Å². The number of benzene rings is 1. The Kier molecular flexibility index (Phi) is 10.5. The van der Waals surface area contributed by atoms with Crippen LogP contribution in [0.5, 0.6) is 5.75 Å². The normalized spacial score (nSPS) is 7.08. The molecule has 1 aromatic carbocycles. The van der Waals surface area contributed by atoms with E-state index in [9.17, 15) is 0 Å². The number of hydrogen-bond acceptors (Lipinski definition) is 1. The predicted octanol–water partition coefficient (Wildman–Crippen LogP) is 1.90. The second-order valence-corrected chi connectivity index (χ2v) is 2.47. The Labute approximate surface area is 89.7 Å². The van der Waals surface area contributed by atoms with E-state index in [2.05, 4.69) is 22.7 Å². The van der Waals surface area contributed by atoms with E-state index in [4.69, 9.17) is 5.11 Å². The van der Waals surface area contributed by atoms with Gasteiger partial charge in [-0.05, 0) is 6.07 Å². The molecule has 0 bridgehead atoms. The maximum Gasteiger partial charge on any atom is 0.122 e. The van der Waals surface area contributed by atoms with Gasteiger partial charge in [0.2, 0.25) is 0 Å². The molecule has 0 saturated carbocycles. The first-order valence-corrected chi connectivity index (χ1v) is 3.73. The molecule has 1 aromatic rings. The van der Waals surface area contributed by atoms with Crippen molar-refractivity contribution in [3.05, 3.63) is 43.8 Å². The first-order valence-electron chi connectivity index (χ1n) is 3.16. The molecule has 1 atom stereocenters. The van der Waals surface area contributed by atoms with Crippen molar-refractivity contribution in [1.29, 1.82) is 0 Å². The van der Waals surface area contributed by atoms with E-state index in [1.54, 1.807) is 12.1 Å². The van der Waals surface area contributed by atoms with Gasteiger partial charge in [-0.2, -0.15) is 0 Å². The fraction of sp³-hybridized carbons (Fsp3) is 0. The number of phenolic OH excluding ortho intramolecular Hbond substituents is 1. The average Bonchev–Trinajstić information content (AvgIpc) is 1.97. The van der Waals surface area contributed by atoms with Gasteiger partial charge in [-0.3, -0.25) is 0 Å². The van der Waals surface area contributed by atoms with Gasteiger partial charge in [0.15, 0.2) is 0 Å². The number of allylic oxidation sites excluding steroid dienone is 1. The van der Waals surface area contributed by atoms with Crippen LogP contribution in [0.2, 0.25) is 0 Å². The van der Waals surface area contributed by atoms with Gasteiger partial charge in [-0.15, -0.1) is 9.24 Å². The molecule has 12 heavy (non-hydrogen) atoms. The molecule has 1 N–H and O–H groups in total. The molecule has 0 aliphatic rings. The summed E-state index contributed by atoms with van der Waals surface area (Å²) in [6.07, 6.45) is 1.50. The predicted molar refractivity (Wildman–Crippen MR) is 53.0 cm³/mol. The fourth-order valence-corrected chi connectivity index (χ4v) is 0.695. The Morgan fingerprint density at radius 1 is 1.42 bits per heavy atom. The number of para-hydroxylation sites is 1. The van der Waals surface area contributed by atoms with Crippen LogP contribution in [-0.2, 0) is 20.4 Å². The van der Waals surface area contributed by atoms with E-state index >= 15 is 0 Å². The van der Waals surface area contributed by atoms with Crippen LogP contribution >= 0.6 is 9.24 Å². The zero-order valence-electron chi connectivity index (χ0n) is 6.64. The first kappa shape index (κ1) is 14.3. The molecule has 0 heterocycles. The van der Waals surface area contributed by atoms with Crippen LogP contribution < -0.4 is 5.30 Å². The minimum absolute atomic E-state index is 0. The maximum absolute atomic E-state index is 8.90. The van der Waals surface area contributed by atoms with Crippen LogP contribution in [0.15, 0.2) is 36.9 Å². The summed E-state index contributed by atoms with van der Waals surface area (Å²) in [4.78, 5) is 0. The zero-order chi connectivity index (χ0) is 8.69. The maximum atomic E-state index is 8.90. The second kappa shape index (κ2) is 8.82. The molecule has 70 valence electrons. The molecular formula is C9H12OPPd-. The molecule has 0 radical (unpaired) electrons. The van der Waals surface area contributed by atoms with Crippen LogP contribution in [-0.4, -0.2) is 5.11 Å². The molecule has 0 aliphatic heterocycles. The average molecular weight is 274 g/mol. The fourth-order valence-electron chi connectivity index (χ4n) is 0.488. The number of aromatic hydroxyl groups is 1. The number of rotatable bonds is 0. The summed E-state index contributed by atoms with van der Waals surface area (Å²) in [7, 11) is 2.44. The minimum Gasteiger partial charge on any atom is -0.507 e. The van der Waals surface area contributed by atoms with Crippen molar-refractivity contribution in [3.63, 3.8) is 0 Å². The third-order valence-electron chi connectivity index (χ3n) is 0.937. The van der Waals surface area contributed by atoms with E-state index in [0.29, 0.717) is 5.75 Å². The van der Waals surface area contributed by atoms with Crippen molar-refractivity contribution in [3.8, 4) is 5.75 Å². The zero-order valence-corrected chi connectivity index (χ0v) is 9.35. The molecule has 3 heteroatoms. The van der Waals surface area contributed by atoms with Gasteiger partial charge in [0.1, 0.15) is 5.75 Å². The monoisotopic (exact) mass is 273 g/mol. The molecule has 0 fully saturated rings. The molecule has 0 aliphatic carbocycles. The SMILES string of the molecule is C=C[CH2-].Oc1ccccc1P.[Pd]. The molecule has 1 nitrogen and oxygen atoms in total. The molecule has 0 spiro atoms. The summed E-state index contributed by atoms with van der Waals surface area (Å²) < 4.78 is 0. The van der Waals surface area contributed by atoms with Gasteiger partial charge in [-0.25, -0.2) is 19.6 Å². The Morgan fingerprint density at radius 2 is 1.83 bits per heavy atom. The van der Waals surface area contributed by atoms with Crippen molar-refractivity contribution in [2.24, 2.45) is 0 Å². The van der Waals surface area contributed by atoms with Crippen LogP contribution in [0, 0.1) is 6.92 Å². The Bertz CT molecular complexity index is 205. The molecule has 0 saturated heterocycles. The third kappa shape index (κ3) is 6.43. The number of phenols is 1. The Hall–Kier alpha value is -0.278. The van der Waals surface area contributed by atoms with Crippen LogP contribution in [0.25, 0.3) is 0 Å². The van der Waals surface area contributed by atoms with Crippen LogP contribution in [0.3, 0.4) is 0 Å². The Morgan fingerprint density at radius 3 is 2.08 bits per heavy atom. The molecule has 0 aromatic heterocycles. The summed E-state index contributed by atoms with van der Waals surface area (Å²) >= 11 is 0. The Balaban J connectivity index is 0. The summed E-state index contributed by atoms with van der Waals surface area (Å²) in [6, 6.07) is 7.16. The van der Waals surface area contributed by atoms with Gasteiger partial charge in [-0.1, -0.05) is 18.2 Å². The molecule has 1 unspecified atom stereocenters. The third-order valence-corrected chi connectivity index (χ3v) is 1.42. The standard InChI is InChI=1S/C6H7OP.C3H5.Pd/c7-5-3-1-2-4-6(5)8;1-3-2;/h1-4,7H,8H2;3H,1-2H2;/q;-1;. The van der Waals surface area contributed by atoms with E-state index in [-0.39, 0.29) is 20.4 Å². The van der Waals surface area contributed by atoms with E-state index in [1.165, 1.54) is 6.08 Å². The van der Waals surface area contributed by atoms with Gasteiger partial charge >= 0.3 is 0 Å². The van der Waals surface area contributed by atoms with Crippen molar-refractivity contribution in [1.82, 2.24) is 0 Å². The largest absolute Gasteiger partial charge is 0.507 e. The topological polar surface area (TPSA) is 20.2 Å². The molecular weight excluding hydrogens is 261 g/mol. The van der Waals surface area contributed by atoms with Gasteiger partial charge in [0.25, 0.3) is 0 Å². The minimum atomic E-state index is 0. The quantitative estimate of drug-likeness (QED) is 0.435. The van der Waals surface area contributed by atoms with E-state index in [0.717, 1.165) is 5.30 Å². The summed E-state index contributed by atoms with van der Waals surface area (Å²) in [6.45, 7) is 6.50. The van der Waals surface area contributed by atoms with Gasteiger partial charge in [0.05, 0.1) is 0 Å². The smallest absolute Gasteiger partial charge is 0.122 e. The first-order chi connectivity index (χ1) is 5.22. The van der Waals surface area contributed by atoms with Crippen LogP contribution in [0.4, 0.5) is 0 Å². The van der Waals surface area contributed by atoms with E-state index < -0.39 is 0 Å². The summed E-state index contributed by atoms with van der Waals surface area (Å²) in [5.41, 5.74) is 0. The van der Waals surface area contributed by atoms with Crippen LogP contribution in [0.1, 0.15) is 0 Å². The van der Waals surface area contributed by atoms with Crippen molar-refractivity contribution >= 4 is 14.5 Å². The van der Waals surface area contributed by atoms with Crippen molar-refractivity contribution < 1.29 is 25.5 Å². The second-order valence-electron chi connectivity index (χ2n) is 1.85.